The van der Waals surface area contributed by atoms with E-state index in [1.165, 1.54) is 37.7 Å². The van der Waals surface area contributed by atoms with E-state index in [-0.39, 0.29) is 0 Å². The molecule has 0 aromatic heterocycles. The van der Waals surface area contributed by atoms with Gasteiger partial charge in [-0.15, -0.1) is 0 Å². The smallest absolute Gasteiger partial charge is 0.191 e. The maximum atomic E-state index is 6.12. The highest BCUT2D eigenvalue weighted by atomic mass is 16.5. The van der Waals surface area contributed by atoms with Crippen molar-refractivity contribution in [2.24, 2.45) is 16.3 Å². The first-order chi connectivity index (χ1) is 14.7. The Bertz CT molecular complexity index is 745. The van der Waals surface area contributed by atoms with Crippen LogP contribution in [0.3, 0.4) is 0 Å². The number of aliphatic imine (C=N–C) groups is 1. The third-order valence-corrected chi connectivity index (χ3v) is 7.22. The number of methoxy groups -OCH3 is 1. The fourth-order valence-electron chi connectivity index (χ4n) is 5.75. The predicted octanol–water partition coefficient (Wildman–Crippen LogP) is 3.42. The molecule has 0 amide bonds. The molecular weight excluding hydrogens is 378 g/mol. The van der Waals surface area contributed by atoms with E-state index in [1.54, 1.807) is 7.11 Å². The highest BCUT2D eigenvalue weighted by Crippen LogP contribution is 2.60. The van der Waals surface area contributed by atoms with Crippen LogP contribution in [0, 0.1) is 18.3 Å². The number of nitrogens with one attached hydrogen (secondary N) is 2. The molecule has 166 valence electrons. The van der Waals surface area contributed by atoms with Crippen LogP contribution in [0.2, 0.25) is 0 Å². The van der Waals surface area contributed by atoms with Crippen molar-refractivity contribution in [3.8, 4) is 5.75 Å². The number of fused-ring (bicyclic) bond motifs is 2. The van der Waals surface area contributed by atoms with Crippen molar-refractivity contribution in [2.75, 3.05) is 34.0 Å². The van der Waals surface area contributed by atoms with Gasteiger partial charge in [-0.2, -0.15) is 0 Å². The molecule has 6 heteroatoms. The lowest BCUT2D eigenvalue weighted by molar-refractivity contribution is -0.125. The normalized spacial score (nSPS) is 27.0. The summed E-state index contributed by atoms with van der Waals surface area (Å²) in [6.07, 6.45) is 7.71. The second kappa shape index (κ2) is 9.56. The van der Waals surface area contributed by atoms with E-state index in [0.29, 0.717) is 43.2 Å². The topological polar surface area (TPSA) is 64.1 Å². The van der Waals surface area contributed by atoms with Crippen molar-refractivity contribution in [1.82, 2.24) is 10.6 Å². The van der Waals surface area contributed by atoms with Crippen LogP contribution in [0.1, 0.15) is 49.7 Å². The molecule has 2 saturated carbocycles. The Kier molecular flexibility index (Phi) is 6.84. The molecule has 1 aromatic carbocycles. The fraction of sp³-hybridized carbons (Fsp3) is 0.708. The molecule has 6 nitrogen and oxygen atoms in total. The summed E-state index contributed by atoms with van der Waals surface area (Å²) in [4.78, 5) is 4.52. The average molecular weight is 416 g/mol. The summed E-state index contributed by atoms with van der Waals surface area (Å²) in [7, 11) is 3.58. The monoisotopic (exact) mass is 415 g/mol. The zero-order chi connectivity index (χ0) is 21.0. The van der Waals surface area contributed by atoms with Crippen LogP contribution in [0.15, 0.2) is 23.2 Å². The first-order valence-electron chi connectivity index (χ1n) is 11.5. The Morgan fingerprint density at radius 3 is 2.87 bits per heavy atom. The van der Waals surface area contributed by atoms with Crippen molar-refractivity contribution in [3.63, 3.8) is 0 Å². The van der Waals surface area contributed by atoms with Crippen molar-refractivity contribution in [2.45, 2.75) is 64.1 Å². The molecule has 0 radical (unpaired) electrons. The van der Waals surface area contributed by atoms with Crippen molar-refractivity contribution < 1.29 is 14.2 Å². The number of benzene rings is 1. The number of guanidine groups is 1. The maximum Gasteiger partial charge on any atom is 0.191 e. The van der Waals surface area contributed by atoms with Gasteiger partial charge in [0.25, 0.3) is 0 Å². The summed E-state index contributed by atoms with van der Waals surface area (Å²) >= 11 is 0. The van der Waals surface area contributed by atoms with Crippen LogP contribution in [0.25, 0.3) is 0 Å². The third kappa shape index (κ3) is 4.17. The van der Waals surface area contributed by atoms with Crippen molar-refractivity contribution in [3.05, 3.63) is 29.3 Å². The average Bonchev–Trinajstić information content (AvgIpc) is 3.41. The first kappa shape index (κ1) is 21.4. The molecule has 4 rings (SSSR count). The first-order valence-corrected chi connectivity index (χ1v) is 11.5. The Hall–Kier alpha value is -1.79. The van der Waals surface area contributed by atoms with Gasteiger partial charge >= 0.3 is 0 Å². The van der Waals surface area contributed by atoms with E-state index in [4.69, 9.17) is 14.2 Å². The molecule has 1 aliphatic heterocycles. The Morgan fingerprint density at radius 2 is 2.10 bits per heavy atom. The number of ether oxygens (including phenoxy) is 3. The summed E-state index contributed by atoms with van der Waals surface area (Å²) in [5.74, 6) is 2.44. The van der Waals surface area contributed by atoms with E-state index in [2.05, 4.69) is 40.7 Å². The molecule has 1 heterocycles. The highest BCUT2D eigenvalue weighted by Gasteiger charge is 2.65. The Balaban J connectivity index is 1.37. The van der Waals surface area contributed by atoms with Gasteiger partial charge in [-0.05, 0) is 37.8 Å². The van der Waals surface area contributed by atoms with Crippen LogP contribution in [0.4, 0.5) is 0 Å². The van der Waals surface area contributed by atoms with Crippen LogP contribution >= 0.6 is 0 Å². The Labute approximate surface area is 180 Å². The van der Waals surface area contributed by atoms with Gasteiger partial charge in [0.2, 0.25) is 0 Å². The summed E-state index contributed by atoms with van der Waals surface area (Å²) < 4.78 is 17.3. The minimum Gasteiger partial charge on any atom is -0.493 e. The van der Waals surface area contributed by atoms with Gasteiger partial charge in [0, 0.05) is 63.3 Å². The van der Waals surface area contributed by atoms with Crippen LogP contribution in [-0.4, -0.2) is 52.1 Å². The molecule has 3 unspecified atom stereocenters. The third-order valence-electron chi connectivity index (χ3n) is 7.22. The SMILES string of the molecule is CN=C(NCc1ccc(C)cc1OCCCOC)NC1C2CCOC2C12CCCC2. The van der Waals surface area contributed by atoms with Gasteiger partial charge < -0.3 is 24.8 Å². The van der Waals surface area contributed by atoms with Gasteiger partial charge in [0.15, 0.2) is 5.96 Å². The van der Waals surface area contributed by atoms with Gasteiger partial charge in [0.1, 0.15) is 5.75 Å². The molecule has 3 fully saturated rings. The molecule has 2 N–H and O–H groups in total. The van der Waals surface area contributed by atoms with Crippen LogP contribution < -0.4 is 15.4 Å². The molecule has 3 aliphatic rings. The van der Waals surface area contributed by atoms with Crippen LogP contribution in [0.5, 0.6) is 5.75 Å². The second-order valence-electron chi connectivity index (χ2n) is 9.04. The van der Waals surface area contributed by atoms with Gasteiger partial charge in [-0.1, -0.05) is 25.0 Å². The van der Waals surface area contributed by atoms with Gasteiger partial charge in [0.05, 0.1) is 12.7 Å². The molecule has 0 bridgehead atoms. The van der Waals surface area contributed by atoms with E-state index in [9.17, 15) is 0 Å². The summed E-state index contributed by atoms with van der Waals surface area (Å²) in [5.41, 5.74) is 2.67. The molecule has 2 aliphatic carbocycles. The van der Waals surface area contributed by atoms with E-state index >= 15 is 0 Å². The molecular formula is C24H37N3O3. The zero-order valence-electron chi connectivity index (χ0n) is 18.7. The molecule has 1 aromatic rings. The number of aryl methyl sites for hydroxylation is 1. The van der Waals surface area contributed by atoms with E-state index < -0.39 is 0 Å². The second-order valence-corrected chi connectivity index (χ2v) is 9.04. The maximum absolute atomic E-state index is 6.12. The van der Waals surface area contributed by atoms with Crippen molar-refractivity contribution >= 4 is 5.96 Å². The van der Waals surface area contributed by atoms with Gasteiger partial charge in [-0.25, -0.2) is 0 Å². The van der Waals surface area contributed by atoms with Crippen molar-refractivity contribution in [1.29, 1.82) is 0 Å². The Morgan fingerprint density at radius 1 is 1.27 bits per heavy atom. The largest absolute Gasteiger partial charge is 0.493 e. The summed E-state index contributed by atoms with van der Waals surface area (Å²) in [5, 5.41) is 7.30. The number of hydrogen-bond donors (Lipinski definition) is 2. The minimum absolute atomic E-state index is 0.318. The summed E-state index contributed by atoms with van der Waals surface area (Å²) in [6, 6.07) is 6.86. The quantitative estimate of drug-likeness (QED) is 0.387. The number of rotatable bonds is 8. The minimum atomic E-state index is 0.318. The molecule has 1 saturated heterocycles. The number of nitrogens with zero attached hydrogens (tertiary/aromatic N) is 1. The predicted molar refractivity (Wildman–Crippen MR) is 119 cm³/mol. The van der Waals surface area contributed by atoms with E-state index in [0.717, 1.165) is 30.3 Å². The zero-order valence-corrected chi connectivity index (χ0v) is 18.7. The summed E-state index contributed by atoms with van der Waals surface area (Å²) in [6.45, 7) is 5.06. The van der Waals surface area contributed by atoms with Crippen LogP contribution in [-0.2, 0) is 16.0 Å². The number of hydrogen-bond acceptors (Lipinski definition) is 4. The van der Waals surface area contributed by atoms with Gasteiger partial charge in [-0.3, -0.25) is 4.99 Å². The standard InChI is InChI=1S/C24H37N3O3/c1-17-7-8-18(20(15-17)29-13-6-12-28-3)16-26-23(25-2)27-21-19-9-14-30-22(19)24(21)10-4-5-11-24/h7-8,15,19,21-22H,4-6,9-14,16H2,1-3H3,(H2,25,26,27). The molecule has 3 atom stereocenters. The lowest BCUT2D eigenvalue weighted by Crippen LogP contribution is -2.69. The lowest BCUT2D eigenvalue weighted by atomic mass is 9.54. The molecule has 30 heavy (non-hydrogen) atoms. The molecule has 1 spiro atoms. The highest BCUT2D eigenvalue weighted by molar-refractivity contribution is 5.80. The lowest BCUT2D eigenvalue weighted by Gasteiger charge is -2.57. The van der Waals surface area contributed by atoms with E-state index in [1.807, 2.05) is 7.05 Å². The fourth-order valence-corrected chi connectivity index (χ4v) is 5.75.